The van der Waals surface area contributed by atoms with E-state index in [0.29, 0.717) is 11.0 Å². The summed E-state index contributed by atoms with van der Waals surface area (Å²) in [6.45, 7) is 10.9. The van der Waals surface area contributed by atoms with Gasteiger partial charge in [-0.25, -0.2) is 0 Å². The number of rotatable bonds is 2. The number of nitrogens with zero attached hydrogens (tertiary/aromatic N) is 2. The molecule has 3 heteroatoms. The third-order valence-electron chi connectivity index (χ3n) is 6.37. The standard InChI is InChI=1S/C17H33N3/c1-16(2)6-4-10-20(12-7-16)17(14-18)8-11-19-9-3-5-15(19)13-17/h15H,3-14,18H2,1-2H3. The van der Waals surface area contributed by atoms with Crippen LogP contribution in [0.5, 0.6) is 0 Å². The van der Waals surface area contributed by atoms with Gasteiger partial charge in [-0.1, -0.05) is 13.8 Å². The summed E-state index contributed by atoms with van der Waals surface area (Å²) in [7, 11) is 0. The molecule has 2 N–H and O–H groups in total. The zero-order chi connectivity index (χ0) is 14.2. The van der Waals surface area contributed by atoms with Crippen molar-refractivity contribution in [3.63, 3.8) is 0 Å². The van der Waals surface area contributed by atoms with E-state index in [2.05, 4.69) is 23.6 Å². The largest absolute Gasteiger partial charge is 0.329 e. The maximum absolute atomic E-state index is 6.31. The summed E-state index contributed by atoms with van der Waals surface area (Å²) in [5.41, 5.74) is 7.15. The molecule has 3 saturated heterocycles. The lowest BCUT2D eigenvalue weighted by Gasteiger charge is -2.50. The number of hydrogen-bond donors (Lipinski definition) is 1. The van der Waals surface area contributed by atoms with Gasteiger partial charge in [0.05, 0.1) is 0 Å². The zero-order valence-electron chi connectivity index (χ0n) is 13.5. The lowest BCUT2D eigenvalue weighted by molar-refractivity contribution is 0.0108. The summed E-state index contributed by atoms with van der Waals surface area (Å²) in [4.78, 5) is 5.51. The Balaban J connectivity index is 1.72. The molecule has 3 heterocycles. The SMILES string of the molecule is CC1(C)CCCN(C2(CN)CCN3CCCC3C2)CC1. The van der Waals surface area contributed by atoms with Gasteiger partial charge in [-0.05, 0) is 70.0 Å². The highest BCUT2D eigenvalue weighted by atomic mass is 15.3. The second-order valence-electron chi connectivity index (χ2n) is 8.22. The quantitative estimate of drug-likeness (QED) is 0.843. The molecule has 0 aromatic carbocycles. The van der Waals surface area contributed by atoms with Gasteiger partial charge < -0.3 is 10.6 Å². The van der Waals surface area contributed by atoms with E-state index in [0.717, 1.165) is 12.6 Å². The molecule has 20 heavy (non-hydrogen) atoms. The lowest BCUT2D eigenvalue weighted by atomic mass is 9.81. The fraction of sp³-hybridized carbons (Fsp3) is 1.00. The van der Waals surface area contributed by atoms with Crippen LogP contribution < -0.4 is 5.73 Å². The lowest BCUT2D eigenvalue weighted by Crippen LogP contribution is -2.61. The number of piperidine rings is 1. The van der Waals surface area contributed by atoms with E-state index in [1.807, 2.05) is 0 Å². The van der Waals surface area contributed by atoms with Gasteiger partial charge in [-0.15, -0.1) is 0 Å². The van der Waals surface area contributed by atoms with E-state index < -0.39 is 0 Å². The Kier molecular flexibility index (Phi) is 4.13. The van der Waals surface area contributed by atoms with Gasteiger partial charge in [0.25, 0.3) is 0 Å². The molecule has 2 unspecified atom stereocenters. The summed E-state index contributed by atoms with van der Waals surface area (Å²) < 4.78 is 0. The van der Waals surface area contributed by atoms with Crippen LogP contribution in [0.3, 0.4) is 0 Å². The summed E-state index contributed by atoms with van der Waals surface area (Å²) in [5.74, 6) is 0. The number of likely N-dealkylation sites (tertiary alicyclic amines) is 1. The second-order valence-corrected chi connectivity index (χ2v) is 8.22. The Morgan fingerprint density at radius 1 is 1.00 bits per heavy atom. The molecule has 3 nitrogen and oxygen atoms in total. The van der Waals surface area contributed by atoms with E-state index in [9.17, 15) is 0 Å². The number of fused-ring (bicyclic) bond motifs is 1. The highest BCUT2D eigenvalue weighted by Gasteiger charge is 2.44. The van der Waals surface area contributed by atoms with Crippen molar-refractivity contribution in [2.45, 2.75) is 70.4 Å². The summed E-state index contributed by atoms with van der Waals surface area (Å²) >= 11 is 0. The van der Waals surface area contributed by atoms with Gasteiger partial charge in [0.15, 0.2) is 0 Å². The van der Waals surface area contributed by atoms with Crippen molar-refractivity contribution >= 4 is 0 Å². The Bertz CT molecular complexity index is 341. The summed E-state index contributed by atoms with van der Waals surface area (Å²) in [6, 6.07) is 0.823. The average Bonchev–Trinajstić information content (AvgIpc) is 2.81. The number of hydrogen-bond acceptors (Lipinski definition) is 3. The molecule has 0 saturated carbocycles. The molecular weight excluding hydrogens is 246 g/mol. The first-order valence-corrected chi connectivity index (χ1v) is 8.74. The van der Waals surface area contributed by atoms with Crippen LogP contribution in [-0.2, 0) is 0 Å². The van der Waals surface area contributed by atoms with E-state index in [1.54, 1.807) is 0 Å². The molecule has 0 aromatic heterocycles. The molecule has 2 atom stereocenters. The average molecular weight is 279 g/mol. The first kappa shape index (κ1) is 14.8. The second kappa shape index (κ2) is 5.58. The molecule has 0 spiro atoms. The first-order valence-electron chi connectivity index (χ1n) is 8.74. The van der Waals surface area contributed by atoms with Crippen LogP contribution in [0, 0.1) is 5.41 Å². The molecule has 3 fully saturated rings. The maximum Gasteiger partial charge on any atom is 0.0358 e. The molecule has 0 amide bonds. The van der Waals surface area contributed by atoms with Crippen molar-refractivity contribution in [2.75, 3.05) is 32.7 Å². The summed E-state index contributed by atoms with van der Waals surface area (Å²) in [5, 5.41) is 0. The van der Waals surface area contributed by atoms with Crippen LogP contribution in [0.2, 0.25) is 0 Å². The molecule has 116 valence electrons. The minimum atomic E-state index is 0.311. The Morgan fingerprint density at radius 3 is 2.65 bits per heavy atom. The van der Waals surface area contributed by atoms with Crippen LogP contribution in [0.15, 0.2) is 0 Å². The summed E-state index contributed by atoms with van der Waals surface area (Å²) in [6.07, 6.45) is 9.48. The van der Waals surface area contributed by atoms with Crippen LogP contribution in [0.25, 0.3) is 0 Å². The monoisotopic (exact) mass is 279 g/mol. The van der Waals surface area contributed by atoms with Gasteiger partial charge in [0.1, 0.15) is 0 Å². The van der Waals surface area contributed by atoms with Gasteiger partial charge in [0.2, 0.25) is 0 Å². The van der Waals surface area contributed by atoms with Crippen molar-refractivity contribution in [2.24, 2.45) is 11.1 Å². The maximum atomic E-state index is 6.31. The topological polar surface area (TPSA) is 32.5 Å². The fourth-order valence-corrected chi connectivity index (χ4v) is 4.81. The molecule has 3 rings (SSSR count). The minimum absolute atomic E-state index is 0.311. The van der Waals surface area contributed by atoms with Gasteiger partial charge >= 0.3 is 0 Å². The smallest absolute Gasteiger partial charge is 0.0358 e. The van der Waals surface area contributed by atoms with E-state index >= 15 is 0 Å². The zero-order valence-corrected chi connectivity index (χ0v) is 13.5. The molecular formula is C17H33N3. The molecule has 0 radical (unpaired) electrons. The van der Waals surface area contributed by atoms with E-state index in [4.69, 9.17) is 5.73 Å². The van der Waals surface area contributed by atoms with Crippen molar-refractivity contribution in [3.8, 4) is 0 Å². The third-order valence-corrected chi connectivity index (χ3v) is 6.37. The molecule has 0 bridgehead atoms. The third kappa shape index (κ3) is 2.77. The molecule has 0 aromatic rings. The predicted octanol–water partition coefficient (Wildman–Crippen LogP) is 2.45. The highest BCUT2D eigenvalue weighted by molar-refractivity contribution is 5.02. The van der Waals surface area contributed by atoms with Crippen LogP contribution >= 0.6 is 0 Å². The minimum Gasteiger partial charge on any atom is -0.329 e. The van der Waals surface area contributed by atoms with Crippen LogP contribution in [0.4, 0.5) is 0 Å². The highest BCUT2D eigenvalue weighted by Crippen LogP contribution is 2.39. The van der Waals surface area contributed by atoms with Crippen molar-refractivity contribution in [1.82, 2.24) is 9.80 Å². The van der Waals surface area contributed by atoms with Crippen molar-refractivity contribution in [3.05, 3.63) is 0 Å². The molecule has 3 aliphatic rings. The predicted molar refractivity (Wildman–Crippen MR) is 84.8 cm³/mol. The normalized spacial score (nSPS) is 39.5. The Morgan fingerprint density at radius 2 is 1.85 bits per heavy atom. The van der Waals surface area contributed by atoms with E-state index in [1.165, 1.54) is 71.1 Å². The van der Waals surface area contributed by atoms with Gasteiger partial charge in [0, 0.05) is 24.7 Å². The van der Waals surface area contributed by atoms with Gasteiger partial charge in [-0.3, -0.25) is 4.90 Å². The fourth-order valence-electron chi connectivity index (χ4n) is 4.81. The Labute approximate surface area is 124 Å². The van der Waals surface area contributed by atoms with Gasteiger partial charge in [-0.2, -0.15) is 0 Å². The van der Waals surface area contributed by atoms with Crippen molar-refractivity contribution < 1.29 is 0 Å². The number of nitrogens with two attached hydrogens (primary N) is 1. The van der Waals surface area contributed by atoms with E-state index in [-0.39, 0.29) is 0 Å². The van der Waals surface area contributed by atoms with Crippen LogP contribution in [0.1, 0.15) is 58.8 Å². The van der Waals surface area contributed by atoms with Crippen molar-refractivity contribution in [1.29, 1.82) is 0 Å². The first-order chi connectivity index (χ1) is 9.55. The van der Waals surface area contributed by atoms with Crippen LogP contribution in [-0.4, -0.2) is 54.1 Å². The molecule has 3 aliphatic heterocycles. The Hall–Kier alpha value is -0.120. The molecule has 0 aliphatic carbocycles.